The molecule has 0 radical (unpaired) electrons. The van der Waals surface area contributed by atoms with Crippen LogP contribution in [0.1, 0.15) is 17.2 Å². The Morgan fingerprint density at radius 3 is 2.74 bits per heavy atom. The number of benzene rings is 2. The number of amides is 1. The number of thioether (sulfide) groups is 1. The van der Waals surface area contributed by atoms with Crippen LogP contribution in [0.5, 0.6) is 0 Å². The van der Waals surface area contributed by atoms with Crippen LogP contribution < -0.4 is 11.1 Å². The van der Waals surface area contributed by atoms with Gasteiger partial charge in [0.05, 0.1) is 0 Å². The zero-order valence-electron chi connectivity index (χ0n) is 10.3. The fourth-order valence-electron chi connectivity index (χ4n) is 2.10. The lowest BCUT2D eigenvalue weighted by atomic mass is 10.1. The fourth-order valence-corrected chi connectivity index (χ4v) is 2.99. The normalized spacial score (nSPS) is 17.1. The zero-order chi connectivity index (χ0) is 13.2. The first-order valence-corrected chi connectivity index (χ1v) is 7.10. The first kappa shape index (κ1) is 12.3. The molecule has 1 aliphatic rings. The Labute approximate surface area is 116 Å². The second-order valence-electron chi connectivity index (χ2n) is 4.49. The van der Waals surface area contributed by atoms with E-state index >= 15 is 0 Å². The largest absolute Gasteiger partial charge is 0.324 e. The first-order chi connectivity index (χ1) is 9.24. The molecule has 1 unspecified atom stereocenters. The number of anilines is 1. The number of hydrogen-bond acceptors (Lipinski definition) is 3. The second-order valence-corrected chi connectivity index (χ2v) is 5.54. The molecule has 0 saturated carbocycles. The summed E-state index contributed by atoms with van der Waals surface area (Å²) in [6.45, 7) is 0. The van der Waals surface area contributed by atoms with Gasteiger partial charge in [0.1, 0.15) is 6.04 Å². The highest BCUT2D eigenvalue weighted by Gasteiger charge is 2.26. The number of hydrogen-bond donors (Lipinski definition) is 2. The van der Waals surface area contributed by atoms with Gasteiger partial charge in [-0.05, 0) is 17.7 Å². The van der Waals surface area contributed by atoms with Crippen LogP contribution in [-0.4, -0.2) is 5.91 Å². The summed E-state index contributed by atoms with van der Waals surface area (Å²) in [4.78, 5) is 12.6. The van der Waals surface area contributed by atoms with Gasteiger partial charge in [-0.25, -0.2) is 0 Å². The predicted octanol–water partition coefficient (Wildman–Crippen LogP) is 2.93. The summed E-state index contributed by atoms with van der Waals surface area (Å²) < 4.78 is 0. The van der Waals surface area contributed by atoms with Crippen LogP contribution >= 0.6 is 11.8 Å². The first-order valence-electron chi connectivity index (χ1n) is 6.11. The van der Waals surface area contributed by atoms with E-state index in [1.54, 1.807) is 11.8 Å². The van der Waals surface area contributed by atoms with Crippen molar-refractivity contribution in [3.05, 3.63) is 59.7 Å². The topological polar surface area (TPSA) is 55.1 Å². The number of nitrogens with one attached hydrogen (secondary N) is 1. The Hall–Kier alpha value is -1.78. The van der Waals surface area contributed by atoms with Crippen LogP contribution in [0.4, 0.5) is 5.69 Å². The third-order valence-electron chi connectivity index (χ3n) is 3.15. The van der Waals surface area contributed by atoms with Crippen molar-refractivity contribution in [2.24, 2.45) is 5.73 Å². The lowest BCUT2D eigenvalue weighted by molar-refractivity contribution is -0.116. The minimum absolute atomic E-state index is 0.125. The molecule has 3 N–H and O–H groups in total. The summed E-state index contributed by atoms with van der Waals surface area (Å²) >= 11 is 1.75. The average Bonchev–Trinajstić information content (AvgIpc) is 2.73. The van der Waals surface area contributed by atoms with Crippen LogP contribution in [0.15, 0.2) is 53.4 Å². The summed E-state index contributed by atoms with van der Waals surface area (Å²) in [6.07, 6.45) is 0. The third-order valence-corrected chi connectivity index (χ3v) is 4.21. The number of fused-ring (bicyclic) bond motifs is 1. The summed E-state index contributed by atoms with van der Waals surface area (Å²) in [5.74, 6) is 0.791. The van der Waals surface area contributed by atoms with Crippen LogP contribution in [-0.2, 0) is 10.5 Å². The van der Waals surface area contributed by atoms with Gasteiger partial charge in [0.15, 0.2) is 0 Å². The van der Waals surface area contributed by atoms with Crippen LogP contribution in [0.3, 0.4) is 0 Å². The fraction of sp³-hybridized carbons (Fsp3) is 0.133. The van der Waals surface area contributed by atoms with Gasteiger partial charge >= 0.3 is 0 Å². The molecule has 0 aliphatic carbocycles. The SMILES string of the molecule is NC1C(=O)Nc2cc(SCc3ccccc3)ccc21. The molecule has 3 nitrogen and oxygen atoms in total. The van der Waals surface area contributed by atoms with E-state index in [1.807, 2.05) is 36.4 Å². The lowest BCUT2D eigenvalue weighted by Crippen LogP contribution is -2.19. The van der Waals surface area contributed by atoms with Crippen molar-refractivity contribution >= 4 is 23.4 Å². The second kappa shape index (κ2) is 5.07. The van der Waals surface area contributed by atoms with Crippen LogP contribution in [0.25, 0.3) is 0 Å². The summed E-state index contributed by atoms with van der Waals surface area (Å²) in [5, 5.41) is 2.81. The van der Waals surface area contributed by atoms with Crippen molar-refractivity contribution in [3.63, 3.8) is 0 Å². The van der Waals surface area contributed by atoms with E-state index in [9.17, 15) is 4.79 Å². The number of carbonyl (C=O) groups excluding carboxylic acids is 1. The predicted molar refractivity (Wildman–Crippen MR) is 78.0 cm³/mol. The average molecular weight is 270 g/mol. The van der Waals surface area contributed by atoms with Crippen molar-refractivity contribution in [2.75, 3.05) is 5.32 Å². The molecule has 19 heavy (non-hydrogen) atoms. The summed E-state index contributed by atoms with van der Waals surface area (Å²) in [5.41, 5.74) is 8.80. The molecular formula is C15H14N2OS. The molecule has 0 fully saturated rings. The molecule has 1 heterocycles. The maximum absolute atomic E-state index is 11.5. The van der Waals surface area contributed by atoms with E-state index in [4.69, 9.17) is 5.73 Å². The molecule has 1 amide bonds. The van der Waals surface area contributed by atoms with Gasteiger partial charge in [0.2, 0.25) is 5.91 Å². The Balaban J connectivity index is 1.74. The number of rotatable bonds is 3. The Morgan fingerprint density at radius 2 is 1.95 bits per heavy atom. The van der Waals surface area contributed by atoms with E-state index in [1.165, 1.54) is 5.56 Å². The van der Waals surface area contributed by atoms with E-state index in [-0.39, 0.29) is 5.91 Å². The minimum Gasteiger partial charge on any atom is -0.324 e. The molecule has 1 atom stereocenters. The highest BCUT2D eigenvalue weighted by atomic mass is 32.2. The lowest BCUT2D eigenvalue weighted by Gasteiger charge is -2.05. The molecule has 4 heteroatoms. The molecule has 0 spiro atoms. The molecule has 96 valence electrons. The van der Waals surface area contributed by atoms with Gasteiger partial charge in [-0.2, -0.15) is 0 Å². The van der Waals surface area contributed by atoms with E-state index < -0.39 is 6.04 Å². The van der Waals surface area contributed by atoms with Crippen molar-refractivity contribution in [3.8, 4) is 0 Å². The standard InChI is InChI=1S/C15H14N2OS/c16-14-12-7-6-11(8-13(12)17-15(14)18)19-9-10-4-2-1-3-5-10/h1-8,14H,9,16H2,(H,17,18). The van der Waals surface area contributed by atoms with Crippen molar-refractivity contribution in [1.29, 1.82) is 0 Å². The third kappa shape index (κ3) is 2.50. The van der Waals surface area contributed by atoms with E-state index in [0.29, 0.717) is 0 Å². The number of carbonyl (C=O) groups is 1. The van der Waals surface area contributed by atoms with Gasteiger partial charge in [0.25, 0.3) is 0 Å². The maximum atomic E-state index is 11.5. The molecule has 0 aromatic heterocycles. The molecule has 0 saturated heterocycles. The van der Waals surface area contributed by atoms with Gasteiger partial charge < -0.3 is 11.1 Å². The van der Waals surface area contributed by atoms with Crippen molar-refractivity contribution in [1.82, 2.24) is 0 Å². The molecule has 1 aliphatic heterocycles. The zero-order valence-corrected chi connectivity index (χ0v) is 11.1. The maximum Gasteiger partial charge on any atom is 0.245 e. The Morgan fingerprint density at radius 1 is 1.16 bits per heavy atom. The Bertz CT molecular complexity index is 613. The minimum atomic E-state index is -0.525. The number of nitrogens with two attached hydrogens (primary N) is 1. The molecule has 3 rings (SSSR count). The molecule has 2 aromatic rings. The molecule has 0 bridgehead atoms. The highest BCUT2D eigenvalue weighted by Crippen LogP contribution is 2.33. The van der Waals surface area contributed by atoms with Crippen molar-refractivity contribution in [2.45, 2.75) is 16.7 Å². The highest BCUT2D eigenvalue weighted by molar-refractivity contribution is 7.98. The van der Waals surface area contributed by atoms with Gasteiger partial charge in [-0.15, -0.1) is 11.8 Å². The van der Waals surface area contributed by atoms with Gasteiger partial charge in [0, 0.05) is 21.9 Å². The quantitative estimate of drug-likeness (QED) is 0.843. The van der Waals surface area contributed by atoms with Crippen molar-refractivity contribution < 1.29 is 4.79 Å². The van der Waals surface area contributed by atoms with E-state index in [2.05, 4.69) is 17.4 Å². The smallest absolute Gasteiger partial charge is 0.245 e. The summed E-state index contributed by atoms with van der Waals surface area (Å²) in [6, 6.07) is 15.7. The molecule has 2 aromatic carbocycles. The van der Waals surface area contributed by atoms with Crippen LogP contribution in [0.2, 0.25) is 0 Å². The molecular weight excluding hydrogens is 256 g/mol. The van der Waals surface area contributed by atoms with E-state index in [0.717, 1.165) is 21.9 Å². The summed E-state index contributed by atoms with van der Waals surface area (Å²) in [7, 11) is 0. The van der Waals surface area contributed by atoms with Crippen LogP contribution in [0, 0.1) is 0 Å². The monoisotopic (exact) mass is 270 g/mol. The van der Waals surface area contributed by atoms with Gasteiger partial charge in [-0.1, -0.05) is 36.4 Å². The Kier molecular flexibility index (Phi) is 3.27. The van der Waals surface area contributed by atoms with Gasteiger partial charge in [-0.3, -0.25) is 4.79 Å².